The lowest BCUT2D eigenvalue weighted by molar-refractivity contribution is 0.0170. The predicted octanol–water partition coefficient (Wildman–Crippen LogP) is 3.61. The van der Waals surface area contributed by atoms with Gasteiger partial charge < -0.3 is 14.8 Å². The summed E-state index contributed by atoms with van der Waals surface area (Å²) in [6.45, 7) is 2.67. The Hall–Kier alpha value is -0.330. The minimum absolute atomic E-state index is 0.135. The Morgan fingerprint density at radius 3 is 2.39 bits per heavy atom. The van der Waals surface area contributed by atoms with E-state index in [0.29, 0.717) is 0 Å². The van der Waals surface area contributed by atoms with Crippen molar-refractivity contribution >= 4 is 18.9 Å². The Kier molecular flexibility index (Phi) is 5.43. The third-order valence-electron chi connectivity index (χ3n) is 2.19. The molecule has 0 saturated heterocycles. The van der Waals surface area contributed by atoms with Crippen molar-refractivity contribution in [1.29, 1.82) is 0 Å². The molecule has 8 heteroatoms. The van der Waals surface area contributed by atoms with Gasteiger partial charge in [-0.2, -0.15) is 8.78 Å². The van der Waals surface area contributed by atoms with Crippen LogP contribution in [0.1, 0.15) is 24.8 Å². The van der Waals surface area contributed by atoms with Crippen molar-refractivity contribution in [2.24, 2.45) is 5.73 Å². The molecule has 0 aliphatic carbocycles. The van der Waals surface area contributed by atoms with Crippen LogP contribution in [0.5, 0.6) is 0 Å². The summed E-state index contributed by atoms with van der Waals surface area (Å²) in [5, 5.41) is 1.62. The molecule has 1 atom stereocenters. The zero-order valence-electron chi connectivity index (χ0n) is 10.1. The quantitative estimate of drug-likeness (QED) is 0.781. The lowest BCUT2D eigenvalue weighted by Crippen LogP contribution is -2.34. The molecule has 0 radical (unpaired) electrons. The van der Waals surface area contributed by atoms with Gasteiger partial charge in [-0.3, -0.25) is 4.57 Å². The van der Waals surface area contributed by atoms with Gasteiger partial charge in [-0.05, 0) is 25.3 Å². The van der Waals surface area contributed by atoms with Gasteiger partial charge in [-0.15, -0.1) is 11.3 Å². The minimum atomic E-state index is -4.57. The highest BCUT2D eigenvalue weighted by molar-refractivity contribution is 7.55. The lowest BCUT2D eigenvalue weighted by Gasteiger charge is -2.29. The van der Waals surface area contributed by atoms with Crippen LogP contribution >= 0.6 is 18.9 Å². The van der Waals surface area contributed by atoms with Gasteiger partial charge in [0.25, 0.3) is 0 Å². The third kappa shape index (κ3) is 2.97. The Morgan fingerprint density at radius 1 is 1.44 bits per heavy atom. The van der Waals surface area contributed by atoms with E-state index in [0.717, 1.165) is 11.3 Å². The van der Waals surface area contributed by atoms with E-state index >= 15 is 0 Å². The fourth-order valence-electron chi connectivity index (χ4n) is 1.36. The second-order valence-electron chi connectivity index (χ2n) is 3.41. The van der Waals surface area contributed by atoms with Crippen molar-refractivity contribution in [1.82, 2.24) is 0 Å². The average molecular weight is 299 g/mol. The molecule has 0 aromatic carbocycles. The van der Waals surface area contributed by atoms with E-state index in [-0.39, 0.29) is 18.1 Å². The van der Waals surface area contributed by atoms with Crippen molar-refractivity contribution in [2.75, 3.05) is 13.2 Å². The van der Waals surface area contributed by atoms with E-state index in [2.05, 4.69) is 9.05 Å². The molecule has 4 nitrogen and oxygen atoms in total. The van der Waals surface area contributed by atoms with Crippen molar-refractivity contribution in [3.05, 3.63) is 22.4 Å². The molecule has 0 unspecified atom stereocenters. The van der Waals surface area contributed by atoms with Gasteiger partial charge in [-0.1, -0.05) is 6.07 Å². The van der Waals surface area contributed by atoms with Gasteiger partial charge in [0, 0.05) is 4.88 Å². The van der Waals surface area contributed by atoms with E-state index < -0.39 is 19.3 Å². The first-order valence-electron chi connectivity index (χ1n) is 5.45. The van der Waals surface area contributed by atoms with E-state index in [9.17, 15) is 13.3 Å². The monoisotopic (exact) mass is 299 g/mol. The van der Waals surface area contributed by atoms with Crippen LogP contribution in [0.15, 0.2) is 17.5 Å². The fraction of sp³-hybridized carbons (Fsp3) is 0.600. The molecule has 0 fully saturated rings. The number of thiophene rings is 1. The van der Waals surface area contributed by atoms with Crippen LogP contribution in [0.3, 0.4) is 0 Å². The van der Waals surface area contributed by atoms with Gasteiger partial charge in [-0.25, -0.2) is 0 Å². The molecule has 0 aliphatic rings. The Morgan fingerprint density at radius 2 is 2.00 bits per heavy atom. The van der Waals surface area contributed by atoms with Gasteiger partial charge in [0.15, 0.2) is 0 Å². The maximum Gasteiger partial charge on any atom is 0.401 e. The molecule has 1 aromatic heterocycles. The highest BCUT2D eigenvalue weighted by Gasteiger charge is 2.58. The summed E-state index contributed by atoms with van der Waals surface area (Å²) in [6, 6.07) is 1.36. The number of rotatable bonds is 7. The molecule has 0 amide bonds. The normalized spacial score (nSPS) is 14.7. The number of alkyl halides is 2. The fourth-order valence-corrected chi connectivity index (χ4v) is 3.79. The SMILES string of the molecule is CCOP(=O)(OCC)C(F)(F)[C@H](N)c1cccs1. The van der Waals surface area contributed by atoms with E-state index in [1.54, 1.807) is 11.4 Å². The maximum atomic E-state index is 14.2. The number of hydrogen-bond acceptors (Lipinski definition) is 5. The van der Waals surface area contributed by atoms with Crippen LogP contribution in [0.4, 0.5) is 8.78 Å². The van der Waals surface area contributed by atoms with Gasteiger partial charge in [0.05, 0.1) is 13.2 Å². The van der Waals surface area contributed by atoms with Crippen LogP contribution in [0, 0.1) is 0 Å². The van der Waals surface area contributed by atoms with Crippen LogP contribution in [-0.4, -0.2) is 18.9 Å². The first kappa shape index (κ1) is 15.7. The molecule has 0 aliphatic heterocycles. The zero-order valence-corrected chi connectivity index (χ0v) is 11.8. The third-order valence-corrected chi connectivity index (χ3v) is 5.35. The molecule has 0 bridgehead atoms. The van der Waals surface area contributed by atoms with Crippen LogP contribution in [-0.2, 0) is 13.6 Å². The summed E-state index contributed by atoms with van der Waals surface area (Å²) in [5.41, 5.74) is 1.73. The van der Waals surface area contributed by atoms with Crippen LogP contribution in [0.25, 0.3) is 0 Å². The van der Waals surface area contributed by atoms with Gasteiger partial charge >= 0.3 is 13.3 Å². The van der Waals surface area contributed by atoms with Crippen LogP contribution < -0.4 is 5.73 Å². The van der Waals surface area contributed by atoms with Crippen molar-refractivity contribution in [2.45, 2.75) is 25.6 Å². The summed E-state index contributed by atoms with van der Waals surface area (Å²) in [5.74, 6) is 0. The summed E-state index contributed by atoms with van der Waals surface area (Å²) in [6.07, 6.45) is 0. The first-order chi connectivity index (χ1) is 8.39. The van der Waals surface area contributed by atoms with Gasteiger partial charge in [0.2, 0.25) is 0 Å². The largest absolute Gasteiger partial charge is 0.401 e. The maximum absolute atomic E-state index is 14.2. The van der Waals surface area contributed by atoms with E-state index in [4.69, 9.17) is 5.73 Å². The number of hydrogen-bond donors (Lipinski definition) is 1. The summed E-state index contributed by atoms with van der Waals surface area (Å²) < 4.78 is 49.8. The highest BCUT2D eigenvalue weighted by atomic mass is 32.1. The molecular weight excluding hydrogens is 283 g/mol. The molecule has 0 spiro atoms. The molecule has 2 N–H and O–H groups in total. The van der Waals surface area contributed by atoms with Crippen molar-refractivity contribution in [3.63, 3.8) is 0 Å². The zero-order chi connectivity index (χ0) is 13.8. The summed E-state index contributed by atoms with van der Waals surface area (Å²) >= 11 is 1.07. The second-order valence-corrected chi connectivity index (χ2v) is 6.50. The topological polar surface area (TPSA) is 61.5 Å². The molecular formula is C10H16F2NO3PS. The molecule has 1 heterocycles. The van der Waals surface area contributed by atoms with Gasteiger partial charge in [0.1, 0.15) is 6.04 Å². The molecule has 18 heavy (non-hydrogen) atoms. The predicted molar refractivity (Wildman–Crippen MR) is 67.1 cm³/mol. The molecule has 104 valence electrons. The molecule has 0 saturated carbocycles. The van der Waals surface area contributed by atoms with Crippen molar-refractivity contribution in [3.8, 4) is 0 Å². The van der Waals surface area contributed by atoms with E-state index in [1.165, 1.54) is 19.9 Å². The van der Waals surface area contributed by atoms with Crippen molar-refractivity contribution < 1.29 is 22.4 Å². The number of halogens is 2. The van der Waals surface area contributed by atoms with Crippen LogP contribution in [0.2, 0.25) is 0 Å². The average Bonchev–Trinajstić information content (AvgIpc) is 2.81. The van der Waals surface area contributed by atoms with E-state index in [1.807, 2.05) is 0 Å². The highest BCUT2D eigenvalue weighted by Crippen LogP contribution is 2.65. The summed E-state index contributed by atoms with van der Waals surface area (Å²) in [7, 11) is -4.57. The second kappa shape index (κ2) is 6.21. The Balaban J connectivity index is 3.04. The number of nitrogens with two attached hydrogens (primary N) is 1. The standard InChI is InChI=1S/C10H16F2NO3PS/c1-3-15-17(14,16-4-2)10(11,12)9(13)8-6-5-7-18-8/h5-7,9H,3-4,13H2,1-2H3/t9-/m1/s1. The minimum Gasteiger partial charge on any atom is -0.318 e. The Labute approximate surface area is 109 Å². The smallest absolute Gasteiger partial charge is 0.318 e. The lowest BCUT2D eigenvalue weighted by atomic mass is 10.3. The Bertz CT molecular complexity index is 403. The summed E-state index contributed by atoms with van der Waals surface area (Å²) in [4.78, 5) is 0.236. The molecule has 1 aromatic rings. The molecule has 1 rings (SSSR count). The first-order valence-corrected chi connectivity index (χ1v) is 7.87.